The van der Waals surface area contributed by atoms with Crippen molar-refractivity contribution < 1.29 is 0 Å². The van der Waals surface area contributed by atoms with Crippen molar-refractivity contribution in [1.29, 1.82) is 0 Å². The van der Waals surface area contributed by atoms with Crippen LogP contribution in [0.3, 0.4) is 0 Å². The van der Waals surface area contributed by atoms with Crippen LogP contribution in [-0.4, -0.2) is 0 Å². The van der Waals surface area contributed by atoms with E-state index in [1.54, 1.807) is 0 Å². The van der Waals surface area contributed by atoms with E-state index in [0.717, 1.165) is 0 Å². The molecule has 0 saturated carbocycles. The molecular formula is C70H150. The van der Waals surface area contributed by atoms with Crippen molar-refractivity contribution in [3.05, 3.63) is 0 Å². The van der Waals surface area contributed by atoms with Crippen molar-refractivity contribution in [3.8, 4) is 0 Å². The van der Waals surface area contributed by atoms with Gasteiger partial charge < -0.3 is 0 Å². The van der Waals surface area contributed by atoms with Crippen LogP contribution in [0.2, 0.25) is 0 Å². The van der Waals surface area contributed by atoms with Crippen molar-refractivity contribution in [2.45, 2.75) is 454 Å². The minimum absolute atomic E-state index is 1.37. The van der Waals surface area contributed by atoms with E-state index in [4.69, 9.17) is 0 Å². The number of unbranched alkanes of at least 4 members (excludes halogenated alkanes) is 55. The fourth-order valence-electron chi connectivity index (χ4n) is 9.57. The van der Waals surface area contributed by atoms with Crippen LogP contribution in [0.15, 0.2) is 0 Å². The van der Waals surface area contributed by atoms with E-state index in [9.17, 15) is 0 Å². The molecule has 0 aromatic heterocycles. The van der Waals surface area contributed by atoms with Crippen LogP contribution in [0.4, 0.5) is 0 Å². The third kappa shape index (κ3) is 101. The Labute approximate surface area is 452 Å². The molecule has 0 heteroatoms. The van der Waals surface area contributed by atoms with Crippen molar-refractivity contribution in [2.24, 2.45) is 0 Å². The van der Waals surface area contributed by atoms with Gasteiger partial charge in [0.2, 0.25) is 0 Å². The zero-order valence-corrected chi connectivity index (χ0v) is 52.4. The Kier molecular flexibility index (Phi) is 99.9. The van der Waals surface area contributed by atoms with Crippen LogP contribution < -0.4 is 0 Å². The van der Waals surface area contributed by atoms with E-state index in [1.165, 1.54) is 385 Å². The van der Waals surface area contributed by atoms with Gasteiger partial charge in [-0.25, -0.2) is 0 Å². The third-order valence-corrected chi connectivity index (χ3v) is 14.8. The van der Waals surface area contributed by atoms with E-state index >= 15 is 0 Å². The predicted molar refractivity (Wildman–Crippen MR) is 334 cm³/mol. The van der Waals surface area contributed by atoms with Crippen LogP contribution in [0.5, 0.6) is 0 Å². The first kappa shape index (κ1) is 78.9. The molecule has 0 aromatic rings. The quantitative estimate of drug-likeness (QED) is 0.0533. The zero-order chi connectivity index (χ0) is 52.4. The second-order valence-corrected chi connectivity index (χ2v) is 22.7. The van der Waals surface area contributed by atoms with Gasteiger partial charge in [-0.3, -0.25) is 0 Å². The molecule has 0 nitrogen and oxygen atoms in total. The van der Waals surface area contributed by atoms with Gasteiger partial charge in [0.05, 0.1) is 0 Å². The lowest BCUT2D eigenvalue weighted by Crippen LogP contribution is -1.82. The average Bonchev–Trinajstić information content (AvgIpc) is 3.38. The summed E-state index contributed by atoms with van der Waals surface area (Å²) < 4.78 is 0. The molecular weight excluding hydrogens is 841 g/mol. The summed E-state index contributed by atoms with van der Waals surface area (Å²) in [5, 5.41) is 0. The van der Waals surface area contributed by atoms with E-state index in [-0.39, 0.29) is 0 Å². The summed E-state index contributed by atoms with van der Waals surface area (Å²) in [6.45, 7) is 22.9. The lowest BCUT2D eigenvalue weighted by molar-refractivity contribution is 0.538. The molecule has 0 aromatic carbocycles. The summed E-state index contributed by atoms with van der Waals surface area (Å²) in [6, 6.07) is 0. The molecule has 0 N–H and O–H groups in total. The molecule has 70 heavy (non-hydrogen) atoms. The molecule has 0 rings (SSSR count). The largest absolute Gasteiger partial charge is 0.0654 e. The highest BCUT2D eigenvalue weighted by atomic mass is 14.0. The van der Waals surface area contributed by atoms with Crippen molar-refractivity contribution >= 4 is 0 Å². The Hall–Kier alpha value is 0. The number of rotatable bonds is 55. The van der Waals surface area contributed by atoms with Crippen molar-refractivity contribution in [3.63, 3.8) is 0 Å². The maximum atomic E-state index is 2.29. The van der Waals surface area contributed by atoms with Crippen LogP contribution >= 0.6 is 0 Å². The Balaban J connectivity index is -0.000000252. The van der Waals surface area contributed by atoms with Gasteiger partial charge in [0, 0.05) is 0 Å². The summed E-state index contributed by atoms with van der Waals surface area (Å²) in [5.74, 6) is 0. The molecule has 0 bridgehead atoms. The molecule has 0 atom stereocenters. The van der Waals surface area contributed by atoms with Crippen LogP contribution in [0.1, 0.15) is 454 Å². The summed E-state index contributed by atoms with van der Waals surface area (Å²) in [7, 11) is 0. The SMILES string of the molecule is CCCCCCCCCCCC.CCCCCCCCCCCCC.CCCCCCCCCCCCCC.CCCCCCCCCCCCCCC.CCCCCCCCCCCCCCCC. The normalized spacial score (nSPS) is 10.7. The zero-order valence-electron chi connectivity index (χ0n) is 52.4. The van der Waals surface area contributed by atoms with Gasteiger partial charge in [-0.15, -0.1) is 0 Å². The minimum Gasteiger partial charge on any atom is -0.0654 e. The molecule has 0 heterocycles. The van der Waals surface area contributed by atoms with Gasteiger partial charge in [0.1, 0.15) is 0 Å². The van der Waals surface area contributed by atoms with Gasteiger partial charge >= 0.3 is 0 Å². The maximum Gasteiger partial charge on any atom is -0.0533 e. The first-order valence-electron chi connectivity index (χ1n) is 34.6. The summed E-state index contributed by atoms with van der Waals surface area (Å²) in [6.07, 6.45) is 87.1. The highest BCUT2D eigenvalue weighted by Crippen LogP contribution is 2.16. The smallest absolute Gasteiger partial charge is 0.0533 e. The Morgan fingerprint density at radius 1 is 0.0714 bits per heavy atom. The van der Waals surface area contributed by atoms with Gasteiger partial charge in [0.15, 0.2) is 0 Å². The minimum atomic E-state index is 1.37. The maximum absolute atomic E-state index is 2.29. The second kappa shape index (κ2) is 88.6. The molecule has 0 fully saturated rings. The van der Waals surface area contributed by atoms with E-state index in [1.807, 2.05) is 0 Å². The fraction of sp³-hybridized carbons (Fsp3) is 1.00. The molecule has 0 spiro atoms. The van der Waals surface area contributed by atoms with Crippen LogP contribution in [0.25, 0.3) is 0 Å². The number of hydrogen-bond donors (Lipinski definition) is 0. The van der Waals surface area contributed by atoms with E-state index < -0.39 is 0 Å². The first-order valence-corrected chi connectivity index (χ1v) is 34.6. The molecule has 0 saturated heterocycles. The van der Waals surface area contributed by atoms with Crippen LogP contribution in [-0.2, 0) is 0 Å². The van der Waals surface area contributed by atoms with Gasteiger partial charge in [-0.1, -0.05) is 454 Å². The van der Waals surface area contributed by atoms with E-state index in [0.29, 0.717) is 0 Å². The van der Waals surface area contributed by atoms with Crippen LogP contribution in [0, 0.1) is 0 Å². The van der Waals surface area contributed by atoms with Gasteiger partial charge in [-0.05, 0) is 0 Å². The monoisotopic (exact) mass is 991 g/mol. The highest BCUT2D eigenvalue weighted by molar-refractivity contribution is 4.52. The standard InChI is InChI=1S/C16H34.C15H32.C14H30.C13H28.C12H26/c1-3-5-7-9-11-13-15-16-14-12-10-8-6-4-2;1-3-5-7-9-11-13-15-14-12-10-8-6-4-2;1-3-5-7-9-11-13-14-12-10-8-6-4-2;1-3-5-7-9-11-13-12-10-8-6-4-2;1-3-5-7-9-11-12-10-8-6-4-2/h3-16H2,1-2H3;3-15H2,1-2H3;3-14H2,1-2H3;3-13H2,1-2H3;3-12H2,1-2H3. The molecule has 430 valence electrons. The molecule has 0 aliphatic carbocycles. The van der Waals surface area contributed by atoms with Gasteiger partial charge in [0.25, 0.3) is 0 Å². The molecule has 0 unspecified atom stereocenters. The summed E-state index contributed by atoms with van der Waals surface area (Å²) >= 11 is 0. The Morgan fingerprint density at radius 3 is 0.157 bits per heavy atom. The van der Waals surface area contributed by atoms with Crippen molar-refractivity contribution in [1.82, 2.24) is 0 Å². The lowest BCUT2D eigenvalue weighted by atomic mass is 10.0. The topological polar surface area (TPSA) is 0 Å². The molecule has 0 amide bonds. The van der Waals surface area contributed by atoms with Crippen molar-refractivity contribution in [2.75, 3.05) is 0 Å². The predicted octanol–water partition coefficient (Wildman–Crippen LogP) is 28.5. The molecule has 0 aliphatic heterocycles. The second-order valence-electron chi connectivity index (χ2n) is 22.7. The highest BCUT2D eigenvalue weighted by Gasteiger charge is 1.96. The summed E-state index contributed by atoms with van der Waals surface area (Å²) in [5.41, 5.74) is 0. The van der Waals surface area contributed by atoms with Gasteiger partial charge in [-0.2, -0.15) is 0 Å². The fourth-order valence-corrected chi connectivity index (χ4v) is 9.57. The molecule has 0 aliphatic rings. The van der Waals surface area contributed by atoms with E-state index in [2.05, 4.69) is 69.2 Å². The first-order chi connectivity index (χ1) is 34.6. The number of hydrogen-bond acceptors (Lipinski definition) is 0. The lowest BCUT2D eigenvalue weighted by Gasteiger charge is -2.02. The molecule has 0 radical (unpaired) electrons. The summed E-state index contributed by atoms with van der Waals surface area (Å²) in [4.78, 5) is 0. The Bertz CT molecular complexity index is 651. The average molecular weight is 992 g/mol. The third-order valence-electron chi connectivity index (χ3n) is 14.8. The Morgan fingerprint density at radius 2 is 0.114 bits per heavy atom.